The van der Waals surface area contributed by atoms with E-state index in [0.717, 1.165) is 0 Å². The summed E-state index contributed by atoms with van der Waals surface area (Å²) in [6, 6.07) is 26.6. The number of ether oxygens (including phenoxy) is 1. The Hall–Kier alpha value is -4.63. The number of nitrogens with one attached hydrogen (secondary N) is 1. The minimum atomic E-state index is -1.73. The smallest absolute Gasteiger partial charge is 0.245 e. The number of para-hydroxylation sites is 1. The molecule has 2 heterocycles. The van der Waals surface area contributed by atoms with Crippen molar-refractivity contribution in [1.82, 2.24) is 0 Å². The van der Waals surface area contributed by atoms with Gasteiger partial charge in [0.1, 0.15) is 22.8 Å². The molecule has 1 atom stereocenters. The SMILES string of the molecule is N#CC1=C(N)OC(c2ccccc2)=C(C(=O)c2ccccc2)C12C(=O)Nc1ccccc12. The summed E-state index contributed by atoms with van der Waals surface area (Å²) in [5.74, 6) is -0.989. The van der Waals surface area contributed by atoms with E-state index in [-0.39, 0.29) is 22.8 Å². The van der Waals surface area contributed by atoms with E-state index < -0.39 is 17.1 Å². The number of fused-ring (bicyclic) bond motifs is 2. The molecule has 6 heteroatoms. The van der Waals surface area contributed by atoms with Crippen LogP contribution in [0.3, 0.4) is 0 Å². The maximum absolute atomic E-state index is 14.0. The molecule has 0 aliphatic carbocycles. The molecule has 6 nitrogen and oxygen atoms in total. The van der Waals surface area contributed by atoms with Crippen LogP contribution in [0.15, 0.2) is 102 Å². The Morgan fingerprint density at radius 1 is 0.938 bits per heavy atom. The van der Waals surface area contributed by atoms with Crippen molar-refractivity contribution < 1.29 is 14.3 Å². The van der Waals surface area contributed by atoms with E-state index in [1.54, 1.807) is 78.9 Å². The molecule has 32 heavy (non-hydrogen) atoms. The normalized spacial score (nSPS) is 19.3. The molecule has 0 saturated carbocycles. The quantitative estimate of drug-likeness (QED) is 0.627. The topological polar surface area (TPSA) is 105 Å². The minimum absolute atomic E-state index is 0.0584. The van der Waals surface area contributed by atoms with Crippen molar-refractivity contribution in [3.63, 3.8) is 0 Å². The number of amides is 1. The van der Waals surface area contributed by atoms with Crippen molar-refractivity contribution in [2.24, 2.45) is 5.73 Å². The molecule has 5 rings (SSSR count). The first kappa shape index (κ1) is 19.3. The molecule has 3 aromatic carbocycles. The summed E-state index contributed by atoms with van der Waals surface area (Å²) in [7, 11) is 0. The standard InChI is InChI=1S/C26H17N3O3/c27-15-19-24(28)32-23(17-11-5-2-6-12-17)21(22(30)16-9-3-1-4-10-16)26(19)18-13-7-8-14-20(18)29-25(26)31/h1-14H,28H2,(H,29,31). The van der Waals surface area contributed by atoms with Crippen molar-refractivity contribution in [2.45, 2.75) is 5.41 Å². The zero-order valence-electron chi connectivity index (χ0n) is 16.8. The van der Waals surface area contributed by atoms with Gasteiger partial charge in [0.15, 0.2) is 5.78 Å². The average Bonchev–Trinajstić information content (AvgIpc) is 3.12. The van der Waals surface area contributed by atoms with E-state index in [9.17, 15) is 14.9 Å². The second-order valence-corrected chi connectivity index (χ2v) is 7.47. The molecule has 1 spiro atoms. The van der Waals surface area contributed by atoms with Crippen molar-refractivity contribution in [1.29, 1.82) is 5.26 Å². The summed E-state index contributed by atoms with van der Waals surface area (Å²) >= 11 is 0. The van der Waals surface area contributed by atoms with Crippen LogP contribution in [0.25, 0.3) is 5.76 Å². The number of nitriles is 1. The van der Waals surface area contributed by atoms with Gasteiger partial charge in [0.05, 0.1) is 5.57 Å². The lowest BCUT2D eigenvalue weighted by Crippen LogP contribution is -2.45. The van der Waals surface area contributed by atoms with Crippen LogP contribution >= 0.6 is 0 Å². The molecule has 0 fully saturated rings. The molecule has 0 bridgehead atoms. The first-order chi connectivity index (χ1) is 15.6. The van der Waals surface area contributed by atoms with Crippen LogP contribution in [0.4, 0.5) is 5.69 Å². The highest BCUT2D eigenvalue weighted by molar-refractivity contribution is 6.25. The lowest BCUT2D eigenvalue weighted by Gasteiger charge is -2.35. The van der Waals surface area contributed by atoms with Crippen LogP contribution < -0.4 is 11.1 Å². The highest BCUT2D eigenvalue weighted by Crippen LogP contribution is 2.53. The third kappa shape index (κ3) is 2.58. The van der Waals surface area contributed by atoms with E-state index in [4.69, 9.17) is 10.5 Å². The van der Waals surface area contributed by atoms with Crippen LogP contribution in [-0.2, 0) is 14.9 Å². The van der Waals surface area contributed by atoms with Crippen LogP contribution in [0.2, 0.25) is 0 Å². The first-order valence-electron chi connectivity index (χ1n) is 9.98. The fourth-order valence-electron chi connectivity index (χ4n) is 4.39. The zero-order valence-corrected chi connectivity index (χ0v) is 16.8. The number of Topliss-reactive ketones (excluding diaryl/α,β-unsaturated/α-hetero) is 1. The Bertz CT molecular complexity index is 1370. The van der Waals surface area contributed by atoms with Gasteiger partial charge in [-0.2, -0.15) is 5.26 Å². The summed E-state index contributed by atoms with van der Waals surface area (Å²) in [6.07, 6.45) is 0. The Labute approximate surface area is 184 Å². The fraction of sp³-hybridized carbons (Fsp3) is 0.0385. The molecule has 2 aliphatic rings. The van der Waals surface area contributed by atoms with Crippen LogP contribution in [0, 0.1) is 11.3 Å². The Balaban J connectivity index is 1.92. The van der Waals surface area contributed by atoms with Crippen molar-refractivity contribution in [3.05, 3.63) is 119 Å². The first-order valence-corrected chi connectivity index (χ1v) is 9.98. The molecule has 1 amide bonds. The second-order valence-electron chi connectivity index (χ2n) is 7.47. The van der Waals surface area contributed by atoms with Crippen LogP contribution in [-0.4, -0.2) is 11.7 Å². The molecule has 0 radical (unpaired) electrons. The molecule has 3 N–H and O–H groups in total. The minimum Gasteiger partial charge on any atom is -0.439 e. The summed E-state index contributed by atoms with van der Waals surface area (Å²) in [4.78, 5) is 27.6. The lowest BCUT2D eigenvalue weighted by molar-refractivity contribution is -0.118. The zero-order chi connectivity index (χ0) is 22.3. The number of ketones is 1. The third-order valence-corrected chi connectivity index (χ3v) is 5.77. The van der Waals surface area contributed by atoms with Crippen molar-refractivity contribution in [3.8, 4) is 6.07 Å². The van der Waals surface area contributed by atoms with E-state index in [1.807, 2.05) is 12.1 Å². The highest BCUT2D eigenvalue weighted by Gasteiger charge is 2.59. The number of nitrogens with zero attached hydrogens (tertiary/aromatic N) is 1. The number of hydrogen-bond donors (Lipinski definition) is 2. The van der Waals surface area contributed by atoms with Gasteiger partial charge < -0.3 is 15.8 Å². The molecular weight excluding hydrogens is 402 g/mol. The van der Waals surface area contributed by atoms with Crippen molar-refractivity contribution in [2.75, 3.05) is 5.32 Å². The van der Waals surface area contributed by atoms with Gasteiger partial charge in [0.2, 0.25) is 11.8 Å². The number of carbonyl (C=O) groups excluding carboxylic acids is 2. The highest BCUT2D eigenvalue weighted by atomic mass is 16.5. The van der Waals surface area contributed by atoms with Gasteiger partial charge in [-0.1, -0.05) is 78.9 Å². The number of rotatable bonds is 3. The number of anilines is 1. The van der Waals surface area contributed by atoms with Crippen LogP contribution in [0.5, 0.6) is 0 Å². The largest absolute Gasteiger partial charge is 0.439 e. The van der Waals surface area contributed by atoms with Gasteiger partial charge >= 0.3 is 0 Å². The molecule has 0 saturated heterocycles. The molecular formula is C26H17N3O3. The summed E-state index contributed by atoms with van der Waals surface area (Å²) in [5, 5.41) is 12.9. The maximum Gasteiger partial charge on any atom is 0.245 e. The number of nitrogens with two attached hydrogens (primary N) is 1. The molecule has 1 unspecified atom stereocenters. The average molecular weight is 419 g/mol. The number of hydrogen-bond acceptors (Lipinski definition) is 5. The van der Waals surface area contributed by atoms with Gasteiger partial charge in [0, 0.05) is 22.4 Å². The van der Waals surface area contributed by atoms with Gasteiger partial charge in [-0.15, -0.1) is 0 Å². The third-order valence-electron chi connectivity index (χ3n) is 5.77. The van der Waals surface area contributed by atoms with Gasteiger partial charge in [-0.25, -0.2) is 0 Å². The lowest BCUT2D eigenvalue weighted by atomic mass is 9.66. The number of benzene rings is 3. The van der Waals surface area contributed by atoms with Crippen LogP contribution in [0.1, 0.15) is 21.5 Å². The Morgan fingerprint density at radius 2 is 1.56 bits per heavy atom. The second kappa shape index (κ2) is 7.25. The van der Waals surface area contributed by atoms with E-state index in [1.165, 1.54) is 0 Å². The molecule has 2 aliphatic heterocycles. The predicted molar refractivity (Wildman–Crippen MR) is 119 cm³/mol. The van der Waals surface area contributed by atoms with Crippen molar-refractivity contribution >= 4 is 23.1 Å². The Morgan fingerprint density at radius 3 is 2.25 bits per heavy atom. The van der Waals surface area contributed by atoms with E-state index >= 15 is 0 Å². The van der Waals surface area contributed by atoms with Gasteiger partial charge in [0.25, 0.3) is 0 Å². The van der Waals surface area contributed by atoms with Gasteiger partial charge in [-0.05, 0) is 6.07 Å². The van der Waals surface area contributed by atoms with E-state index in [2.05, 4.69) is 5.32 Å². The van der Waals surface area contributed by atoms with Gasteiger partial charge in [-0.3, -0.25) is 9.59 Å². The maximum atomic E-state index is 14.0. The summed E-state index contributed by atoms with van der Waals surface area (Å²) in [6.45, 7) is 0. The number of carbonyl (C=O) groups is 2. The summed E-state index contributed by atoms with van der Waals surface area (Å²) < 4.78 is 5.89. The van der Waals surface area contributed by atoms with E-state index in [0.29, 0.717) is 22.4 Å². The molecule has 3 aromatic rings. The Kier molecular flexibility index (Phi) is 4.38. The fourth-order valence-corrected chi connectivity index (χ4v) is 4.39. The molecule has 0 aromatic heterocycles. The molecule has 154 valence electrons. The predicted octanol–water partition coefficient (Wildman–Crippen LogP) is 3.89. The monoisotopic (exact) mass is 419 g/mol. The summed E-state index contributed by atoms with van der Waals surface area (Å²) in [5.41, 5.74) is 6.37.